The van der Waals surface area contributed by atoms with E-state index in [0.29, 0.717) is 32.8 Å². The number of pyridine rings is 1. The molecule has 0 radical (unpaired) electrons. The summed E-state index contributed by atoms with van der Waals surface area (Å²) >= 11 is 12.0. The number of rotatable bonds is 8. The Balaban J connectivity index is 1.41. The molecule has 0 aliphatic rings. The van der Waals surface area contributed by atoms with Crippen LogP contribution in [0.4, 0.5) is 17.6 Å². The van der Waals surface area contributed by atoms with Gasteiger partial charge in [-0.15, -0.1) is 5.10 Å². The maximum atomic E-state index is 15.3. The predicted octanol–water partition coefficient (Wildman–Crippen LogP) is 5.33. The zero-order valence-electron chi connectivity index (χ0n) is 21.3. The van der Waals surface area contributed by atoms with Gasteiger partial charge in [0.1, 0.15) is 5.69 Å². The molecular formula is C25H17Cl2F4N11. The van der Waals surface area contributed by atoms with Crippen molar-refractivity contribution >= 4 is 23.2 Å². The summed E-state index contributed by atoms with van der Waals surface area (Å²) in [5, 5.41) is 22.9. The van der Waals surface area contributed by atoms with E-state index >= 15 is 4.39 Å². The lowest BCUT2D eigenvalue weighted by atomic mass is 10.0. The smallest absolute Gasteiger partial charge is 0.263 e. The third-order valence-corrected chi connectivity index (χ3v) is 6.93. The normalized spacial score (nSPS) is 12.4. The van der Waals surface area contributed by atoms with Crippen LogP contribution >= 0.6 is 23.2 Å². The molecule has 1 unspecified atom stereocenters. The molecular weight excluding hydrogens is 601 g/mol. The molecule has 0 aliphatic carbocycles. The maximum absolute atomic E-state index is 15.3. The van der Waals surface area contributed by atoms with Crippen LogP contribution in [0.3, 0.4) is 0 Å². The van der Waals surface area contributed by atoms with Crippen molar-refractivity contribution in [1.82, 2.24) is 54.5 Å². The highest BCUT2D eigenvalue weighted by atomic mass is 35.5. The van der Waals surface area contributed by atoms with Gasteiger partial charge in [0.25, 0.3) is 5.95 Å². The highest BCUT2D eigenvalue weighted by Gasteiger charge is 2.23. The van der Waals surface area contributed by atoms with Gasteiger partial charge in [-0.25, -0.2) is 18.4 Å². The number of hydrogen-bond donors (Lipinski definition) is 0. The van der Waals surface area contributed by atoms with Crippen LogP contribution in [0.2, 0.25) is 10.2 Å². The second kappa shape index (κ2) is 11.0. The molecule has 6 rings (SSSR count). The van der Waals surface area contributed by atoms with Gasteiger partial charge < -0.3 is 0 Å². The van der Waals surface area contributed by atoms with E-state index in [9.17, 15) is 13.2 Å². The topological polar surface area (TPSA) is 110 Å². The Kier molecular flexibility index (Phi) is 7.20. The minimum absolute atomic E-state index is 0.110. The van der Waals surface area contributed by atoms with Crippen LogP contribution in [0.25, 0.3) is 28.1 Å². The van der Waals surface area contributed by atoms with E-state index in [1.165, 1.54) is 58.1 Å². The van der Waals surface area contributed by atoms with E-state index in [0.717, 1.165) is 0 Å². The second-order valence-corrected chi connectivity index (χ2v) is 9.90. The molecule has 0 saturated heterocycles. The number of alkyl halides is 2. The van der Waals surface area contributed by atoms with Gasteiger partial charge in [0.2, 0.25) is 0 Å². The van der Waals surface area contributed by atoms with Gasteiger partial charge in [-0.3, -0.25) is 9.67 Å². The third-order valence-electron chi connectivity index (χ3n) is 6.47. The lowest BCUT2D eigenvalue weighted by molar-refractivity contribution is 0.0565. The van der Waals surface area contributed by atoms with Gasteiger partial charge in [-0.1, -0.05) is 44.8 Å². The summed E-state index contributed by atoms with van der Waals surface area (Å²) in [5.41, 5.74) is 2.24. The highest BCUT2D eigenvalue weighted by Crippen LogP contribution is 2.34. The van der Waals surface area contributed by atoms with Crippen LogP contribution in [0.1, 0.15) is 23.8 Å². The van der Waals surface area contributed by atoms with Gasteiger partial charge in [0.15, 0.2) is 11.0 Å². The second-order valence-electron chi connectivity index (χ2n) is 9.10. The molecule has 1 aromatic carbocycles. The average Bonchev–Trinajstić information content (AvgIpc) is 3.78. The van der Waals surface area contributed by atoms with E-state index in [2.05, 4.69) is 35.8 Å². The fourth-order valence-corrected chi connectivity index (χ4v) is 4.82. The van der Waals surface area contributed by atoms with Crippen LogP contribution in [0.15, 0.2) is 61.4 Å². The van der Waals surface area contributed by atoms with Crippen LogP contribution < -0.4 is 0 Å². The minimum atomic E-state index is -2.81. The van der Waals surface area contributed by atoms with E-state index in [1.54, 1.807) is 24.4 Å². The van der Waals surface area contributed by atoms with Crippen molar-refractivity contribution in [2.75, 3.05) is 0 Å². The summed E-state index contributed by atoms with van der Waals surface area (Å²) in [6.07, 6.45) is 8.56. The number of benzene rings is 1. The van der Waals surface area contributed by atoms with Crippen LogP contribution in [-0.2, 0) is 13.5 Å². The average molecular weight is 618 g/mol. The quantitative estimate of drug-likeness (QED) is 0.212. The first-order chi connectivity index (χ1) is 20.2. The predicted molar refractivity (Wildman–Crippen MR) is 142 cm³/mol. The Bertz CT molecular complexity index is 1860. The van der Waals surface area contributed by atoms with Gasteiger partial charge in [0.05, 0.1) is 41.0 Å². The summed E-state index contributed by atoms with van der Waals surface area (Å²) in [6, 6.07) is 5.58. The number of aromatic nitrogens is 11. The Labute approximate surface area is 243 Å². The molecule has 5 aromatic heterocycles. The van der Waals surface area contributed by atoms with Gasteiger partial charge in [-0.05, 0) is 23.8 Å². The Morgan fingerprint density at radius 1 is 0.857 bits per heavy atom. The van der Waals surface area contributed by atoms with E-state index in [-0.39, 0.29) is 27.9 Å². The largest absolute Gasteiger partial charge is 0.333 e. The Hall–Kier alpha value is -4.63. The monoisotopic (exact) mass is 617 g/mol. The van der Waals surface area contributed by atoms with Crippen LogP contribution in [0, 0.1) is 11.8 Å². The summed E-state index contributed by atoms with van der Waals surface area (Å²) in [6.45, 7) is -2.81. The number of nitrogens with zero attached hydrogens (tertiary/aromatic N) is 11. The van der Waals surface area contributed by atoms with Crippen molar-refractivity contribution < 1.29 is 17.6 Å². The van der Waals surface area contributed by atoms with Crippen molar-refractivity contribution in [2.45, 2.75) is 19.0 Å². The molecule has 5 heterocycles. The molecule has 0 saturated carbocycles. The fraction of sp³-hybridized carbons (Fsp3) is 0.160. The van der Waals surface area contributed by atoms with Gasteiger partial charge in [-0.2, -0.15) is 23.4 Å². The van der Waals surface area contributed by atoms with E-state index < -0.39 is 24.4 Å². The molecule has 42 heavy (non-hydrogen) atoms. The SMILES string of the molecule is Cn1nnc(F)c1-c1cnn(C(Cc2cnn(C(F)F)c2)c2ccc(-c3c(-n4cc(Cl)nn4)ccc(Cl)c3F)cn2)c1. The minimum Gasteiger partial charge on any atom is -0.263 e. The molecule has 17 heteroatoms. The molecule has 214 valence electrons. The van der Waals surface area contributed by atoms with Gasteiger partial charge in [0, 0.05) is 48.7 Å². The zero-order valence-corrected chi connectivity index (χ0v) is 22.8. The maximum Gasteiger partial charge on any atom is 0.333 e. The van der Waals surface area contributed by atoms with Crippen molar-refractivity contribution in [1.29, 1.82) is 0 Å². The molecule has 0 N–H and O–H groups in total. The molecule has 0 aliphatic heterocycles. The van der Waals surface area contributed by atoms with E-state index in [4.69, 9.17) is 23.2 Å². The molecule has 1 atom stereocenters. The van der Waals surface area contributed by atoms with Crippen molar-refractivity contribution in [2.24, 2.45) is 7.05 Å². The first-order valence-corrected chi connectivity index (χ1v) is 12.9. The molecule has 6 aromatic rings. The van der Waals surface area contributed by atoms with Gasteiger partial charge >= 0.3 is 6.55 Å². The van der Waals surface area contributed by atoms with Crippen LogP contribution in [0.5, 0.6) is 0 Å². The van der Waals surface area contributed by atoms with Crippen LogP contribution in [-0.4, -0.2) is 54.5 Å². The summed E-state index contributed by atoms with van der Waals surface area (Å²) in [7, 11) is 1.54. The molecule has 0 amide bonds. The lowest BCUT2D eigenvalue weighted by Crippen LogP contribution is -2.15. The lowest BCUT2D eigenvalue weighted by Gasteiger charge is -2.18. The summed E-state index contributed by atoms with van der Waals surface area (Å²) in [5.74, 6) is -1.47. The zero-order chi connectivity index (χ0) is 29.5. The third kappa shape index (κ3) is 5.12. The number of aryl methyl sites for hydroxylation is 1. The number of hydrogen-bond acceptors (Lipinski definition) is 7. The summed E-state index contributed by atoms with van der Waals surface area (Å²) < 4.78 is 60.6. The highest BCUT2D eigenvalue weighted by molar-refractivity contribution is 6.31. The number of halogens is 6. The molecule has 11 nitrogen and oxygen atoms in total. The first-order valence-electron chi connectivity index (χ1n) is 12.1. The molecule has 0 fully saturated rings. The first kappa shape index (κ1) is 27.5. The fourth-order valence-electron chi connectivity index (χ4n) is 4.53. The molecule has 0 bridgehead atoms. The van der Waals surface area contributed by atoms with Crippen molar-refractivity contribution in [3.8, 4) is 28.1 Å². The van der Waals surface area contributed by atoms with Crippen molar-refractivity contribution in [3.05, 3.63) is 94.6 Å². The summed E-state index contributed by atoms with van der Waals surface area (Å²) in [4.78, 5) is 4.57. The Morgan fingerprint density at radius 2 is 1.67 bits per heavy atom. The van der Waals surface area contributed by atoms with E-state index in [1.807, 2.05) is 0 Å². The van der Waals surface area contributed by atoms with Crippen molar-refractivity contribution in [3.63, 3.8) is 0 Å². The Morgan fingerprint density at radius 3 is 2.31 bits per heavy atom. The molecule has 0 spiro atoms. The standard InChI is InChI=1S/C25H17Cl2F4N11/c1-39-23(24(29)36-37-39)15-9-34-40(11-15)19(6-13-7-33-42(10-13)25(30)31)17-4-2-14(8-32-17)21-18(5-3-16(26)22(21)28)41-12-20(27)35-38-41/h2-5,7-12,19,25H,6H2,1H3.